The maximum atomic E-state index is 11.7. The molecule has 0 aromatic heterocycles. The standard InChI is InChI=1S/C11H21N3O4/c1-7(10(16)17)8(2)13-11(18)14(4)6-5-9(15)12-3/h7-8H,5-6H2,1-4H3,(H,12,15)(H,13,18)(H,16,17). The molecular weight excluding hydrogens is 238 g/mol. The SMILES string of the molecule is CNC(=O)CCN(C)C(=O)NC(C)C(C)C(=O)O. The van der Waals surface area contributed by atoms with Crippen molar-refractivity contribution in [3.8, 4) is 0 Å². The van der Waals surface area contributed by atoms with Gasteiger partial charge in [-0.3, -0.25) is 9.59 Å². The Labute approximate surface area is 107 Å². The summed E-state index contributed by atoms with van der Waals surface area (Å²) in [5, 5.41) is 13.8. The van der Waals surface area contributed by atoms with E-state index < -0.39 is 17.9 Å². The first kappa shape index (κ1) is 16.2. The lowest BCUT2D eigenvalue weighted by molar-refractivity contribution is -0.141. The van der Waals surface area contributed by atoms with Crippen molar-refractivity contribution in [3.05, 3.63) is 0 Å². The Balaban J connectivity index is 4.15. The summed E-state index contributed by atoms with van der Waals surface area (Å²) >= 11 is 0. The Morgan fingerprint density at radius 2 is 1.83 bits per heavy atom. The lowest BCUT2D eigenvalue weighted by Crippen LogP contribution is -2.46. The van der Waals surface area contributed by atoms with Crippen molar-refractivity contribution < 1.29 is 19.5 Å². The van der Waals surface area contributed by atoms with Crippen LogP contribution in [0.5, 0.6) is 0 Å². The molecule has 7 nitrogen and oxygen atoms in total. The van der Waals surface area contributed by atoms with E-state index in [1.54, 1.807) is 14.0 Å². The molecule has 2 unspecified atom stereocenters. The molecule has 0 radical (unpaired) electrons. The Hall–Kier alpha value is -1.79. The second-order valence-corrected chi connectivity index (χ2v) is 4.21. The molecule has 0 aromatic carbocycles. The van der Waals surface area contributed by atoms with Crippen LogP contribution < -0.4 is 10.6 Å². The number of rotatable bonds is 6. The minimum Gasteiger partial charge on any atom is -0.481 e. The van der Waals surface area contributed by atoms with Crippen LogP contribution in [0.15, 0.2) is 0 Å². The summed E-state index contributed by atoms with van der Waals surface area (Å²) < 4.78 is 0. The van der Waals surface area contributed by atoms with Gasteiger partial charge in [-0.05, 0) is 13.8 Å². The highest BCUT2D eigenvalue weighted by atomic mass is 16.4. The molecule has 0 aliphatic heterocycles. The number of nitrogens with one attached hydrogen (secondary N) is 2. The van der Waals surface area contributed by atoms with Gasteiger partial charge in [0.05, 0.1) is 5.92 Å². The smallest absolute Gasteiger partial charge is 0.317 e. The zero-order valence-corrected chi connectivity index (χ0v) is 11.2. The molecule has 0 saturated carbocycles. The van der Waals surface area contributed by atoms with Gasteiger partial charge < -0.3 is 20.6 Å². The van der Waals surface area contributed by atoms with Gasteiger partial charge in [0.1, 0.15) is 0 Å². The van der Waals surface area contributed by atoms with Crippen LogP contribution in [-0.4, -0.2) is 54.6 Å². The molecule has 0 spiro atoms. The Kier molecular flexibility index (Phi) is 6.77. The highest BCUT2D eigenvalue weighted by molar-refractivity contribution is 5.78. The van der Waals surface area contributed by atoms with Crippen LogP contribution in [0.3, 0.4) is 0 Å². The molecule has 0 aliphatic rings. The van der Waals surface area contributed by atoms with E-state index >= 15 is 0 Å². The van der Waals surface area contributed by atoms with E-state index in [4.69, 9.17) is 5.11 Å². The number of hydrogen-bond acceptors (Lipinski definition) is 3. The van der Waals surface area contributed by atoms with Crippen LogP contribution in [-0.2, 0) is 9.59 Å². The fourth-order valence-corrected chi connectivity index (χ4v) is 1.14. The first-order chi connectivity index (χ1) is 8.29. The molecule has 0 aliphatic carbocycles. The highest BCUT2D eigenvalue weighted by Crippen LogP contribution is 2.03. The van der Waals surface area contributed by atoms with Crippen molar-refractivity contribution in [2.45, 2.75) is 26.3 Å². The fourth-order valence-electron chi connectivity index (χ4n) is 1.14. The first-order valence-corrected chi connectivity index (χ1v) is 5.74. The molecule has 0 saturated heterocycles. The molecule has 2 atom stereocenters. The minimum absolute atomic E-state index is 0.151. The number of carbonyl (C=O) groups is 3. The third-order valence-electron chi connectivity index (χ3n) is 2.79. The van der Waals surface area contributed by atoms with Gasteiger partial charge in [0.25, 0.3) is 0 Å². The van der Waals surface area contributed by atoms with E-state index in [0.29, 0.717) is 0 Å². The summed E-state index contributed by atoms with van der Waals surface area (Å²) in [7, 11) is 3.08. The van der Waals surface area contributed by atoms with E-state index in [9.17, 15) is 14.4 Å². The topological polar surface area (TPSA) is 98.7 Å². The number of amides is 3. The summed E-state index contributed by atoms with van der Waals surface area (Å²) in [5.74, 6) is -1.78. The van der Waals surface area contributed by atoms with Gasteiger partial charge in [0, 0.05) is 33.1 Å². The Morgan fingerprint density at radius 3 is 2.28 bits per heavy atom. The molecule has 104 valence electrons. The minimum atomic E-state index is -0.962. The second kappa shape index (κ2) is 7.52. The van der Waals surface area contributed by atoms with Crippen molar-refractivity contribution in [1.29, 1.82) is 0 Å². The van der Waals surface area contributed by atoms with Crippen LogP contribution in [0.25, 0.3) is 0 Å². The highest BCUT2D eigenvalue weighted by Gasteiger charge is 2.22. The normalized spacial score (nSPS) is 13.3. The second-order valence-electron chi connectivity index (χ2n) is 4.21. The van der Waals surface area contributed by atoms with Crippen molar-refractivity contribution in [3.63, 3.8) is 0 Å². The zero-order chi connectivity index (χ0) is 14.3. The summed E-state index contributed by atoms with van der Waals surface area (Å²) in [6.45, 7) is 3.43. The van der Waals surface area contributed by atoms with E-state index in [1.807, 2.05) is 0 Å². The maximum absolute atomic E-state index is 11.7. The number of carboxylic acids is 1. The first-order valence-electron chi connectivity index (χ1n) is 5.74. The predicted octanol–water partition coefficient (Wildman–Crippen LogP) is -0.127. The van der Waals surface area contributed by atoms with E-state index in [-0.39, 0.29) is 24.9 Å². The molecule has 3 N–H and O–H groups in total. The van der Waals surface area contributed by atoms with Gasteiger partial charge in [-0.2, -0.15) is 0 Å². The number of urea groups is 1. The number of carboxylic acid groups (broad SMARTS) is 1. The van der Waals surface area contributed by atoms with Gasteiger partial charge in [-0.15, -0.1) is 0 Å². The molecular formula is C11H21N3O4. The summed E-state index contributed by atoms with van der Waals surface area (Å²) in [6.07, 6.45) is 0.212. The van der Waals surface area contributed by atoms with Gasteiger partial charge >= 0.3 is 12.0 Å². The van der Waals surface area contributed by atoms with Crippen LogP contribution >= 0.6 is 0 Å². The van der Waals surface area contributed by atoms with Crippen LogP contribution in [0.2, 0.25) is 0 Å². The largest absolute Gasteiger partial charge is 0.481 e. The van der Waals surface area contributed by atoms with Gasteiger partial charge in [0.2, 0.25) is 5.91 Å². The maximum Gasteiger partial charge on any atom is 0.317 e. The lowest BCUT2D eigenvalue weighted by Gasteiger charge is -2.23. The summed E-state index contributed by atoms with van der Waals surface area (Å²) in [6, 6.07) is -0.864. The Morgan fingerprint density at radius 1 is 1.28 bits per heavy atom. The third-order valence-corrected chi connectivity index (χ3v) is 2.79. The third kappa shape index (κ3) is 5.51. The number of nitrogens with zero attached hydrogens (tertiary/aromatic N) is 1. The average Bonchev–Trinajstić information content (AvgIpc) is 2.33. The van der Waals surface area contributed by atoms with Gasteiger partial charge in [0.15, 0.2) is 0 Å². The fraction of sp³-hybridized carbons (Fsp3) is 0.727. The number of aliphatic carboxylic acids is 1. The van der Waals surface area contributed by atoms with Crippen molar-refractivity contribution in [2.24, 2.45) is 5.92 Å². The van der Waals surface area contributed by atoms with E-state index in [2.05, 4.69) is 10.6 Å². The van der Waals surface area contributed by atoms with E-state index in [0.717, 1.165) is 0 Å². The van der Waals surface area contributed by atoms with Crippen molar-refractivity contribution >= 4 is 17.9 Å². The summed E-state index contributed by atoms with van der Waals surface area (Å²) in [4.78, 5) is 34.8. The molecule has 7 heteroatoms. The van der Waals surface area contributed by atoms with Gasteiger partial charge in [-0.25, -0.2) is 4.79 Å². The lowest BCUT2D eigenvalue weighted by atomic mass is 10.0. The Bertz CT molecular complexity index is 319. The molecule has 0 aromatic rings. The number of hydrogen-bond donors (Lipinski definition) is 3. The van der Waals surface area contributed by atoms with Gasteiger partial charge in [-0.1, -0.05) is 0 Å². The molecule has 18 heavy (non-hydrogen) atoms. The van der Waals surface area contributed by atoms with E-state index in [1.165, 1.54) is 18.9 Å². The van der Waals surface area contributed by atoms with Crippen LogP contribution in [0.1, 0.15) is 20.3 Å². The quantitative estimate of drug-likeness (QED) is 0.619. The average molecular weight is 259 g/mol. The molecule has 0 fully saturated rings. The molecule has 0 bridgehead atoms. The molecule has 3 amide bonds. The van der Waals surface area contributed by atoms with Crippen LogP contribution in [0.4, 0.5) is 4.79 Å². The summed E-state index contributed by atoms with van der Waals surface area (Å²) in [5.41, 5.74) is 0. The predicted molar refractivity (Wildman–Crippen MR) is 66.1 cm³/mol. The molecule has 0 heterocycles. The monoisotopic (exact) mass is 259 g/mol. The molecule has 0 rings (SSSR count). The van der Waals surface area contributed by atoms with Crippen molar-refractivity contribution in [2.75, 3.05) is 20.6 Å². The zero-order valence-electron chi connectivity index (χ0n) is 11.2. The van der Waals surface area contributed by atoms with Crippen LogP contribution in [0, 0.1) is 5.92 Å². The number of carbonyl (C=O) groups excluding carboxylic acids is 2. The van der Waals surface area contributed by atoms with Crippen molar-refractivity contribution in [1.82, 2.24) is 15.5 Å².